The first kappa shape index (κ1) is 16.7. The van der Waals surface area contributed by atoms with Crippen molar-refractivity contribution in [3.05, 3.63) is 29.8 Å². The normalized spacial score (nSPS) is 14.0. The van der Waals surface area contributed by atoms with E-state index >= 15 is 0 Å². The van der Waals surface area contributed by atoms with Crippen LogP contribution in [0.25, 0.3) is 0 Å². The van der Waals surface area contributed by atoms with E-state index in [0.717, 1.165) is 5.56 Å². The predicted molar refractivity (Wildman–Crippen MR) is 77.1 cm³/mol. The zero-order valence-electron chi connectivity index (χ0n) is 12.2. The van der Waals surface area contributed by atoms with Crippen LogP contribution in [0.4, 0.5) is 0 Å². The van der Waals surface area contributed by atoms with E-state index in [-0.39, 0.29) is 16.9 Å². The molecule has 0 aliphatic rings. The summed E-state index contributed by atoms with van der Waals surface area (Å²) in [7, 11) is -3.66. The summed E-state index contributed by atoms with van der Waals surface area (Å²) in [6, 6.07) is 6.62. The molecule has 1 unspecified atom stereocenters. The zero-order chi connectivity index (χ0) is 15.6. The minimum absolute atomic E-state index is 0.0481. The second-order valence-electron chi connectivity index (χ2n) is 5.87. The van der Waals surface area contributed by atoms with Gasteiger partial charge in [0.05, 0.1) is 10.8 Å². The monoisotopic (exact) mass is 299 g/mol. The fraction of sp³-hybridized carbons (Fsp3) is 0.500. The largest absolute Gasteiger partial charge is 0.481 e. The third-order valence-electron chi connectivity index (χ3n) is 3.03. The third-order valence-corrected chi connectivity index (χ3v) is 4.47. The first-order valence-electron chi connectivity index (χ1n) is 6.37. The van der Waals surface area contributed by atoms with Crippen LogP contribution < -0.4 is 4.72 Å². The summed E-state index contributed by atoms with van der Waals surface area (Å²) < 4.78 is 26.3. The van der Waals surface area contributed by atoms with E-state index in [1.165, 1.54) is 19.1 Å². The molecule has 6 heteroatoms. The summed E-state index contributed by atoms with van der Waals surface area (Å²) in [6.45, 7) is 7.46. The lowest BCUT2D eigenvalue weighted by Gasteiger charge is -2.19. The Morgan fingerprint density at radius 1 is 1.25 bits per heavy atom. The molecule has 112 valence electrons. The van der Waals surface area contributed by atoms with Gasteiger partial charge in [-0.3, -0.25) is 4.79 Å². The summed E-state index contributed by atoms with van der Waals surface area (Å²) in [5, 5.41) is 8.74. The van der Waals surface area contributed by atoms with Crippen molar-refractivity contribution < 1.29 is 18.3 Å². The topological polar surface area (TPSA) is 83.5 Å². The van der Waals surface area contributed by atoms with Gasteiger partial charge in [0.25, 0.3) is 0 Å². The molecule has 20 heavy (non-hydrogen) atoms. The third kappa shape index (κ3) is 4.31. The van der Waals surface area contributed by atoms with E-state index in [2.05, 4.69) is 4.72 Å². The molecular formula is C14H21NO4S. The highest BCUT2D eigenvalue weighted by Gasteiger charge is 2.19. The highest BCUT2D eigenvalue weighted by Crippen LogP contribution is 2.23. The Morgan fingerprint density at radius 2 is 1.75 bits per heavy atom. The standard InChI is InChI=1S/C14H21NO4S/c1-10(13(16)17)9-15-20(18,19)12-7-5-11(6-8-12)14(2,3)4/h5-8,10,15H,9H2,1-4H3,(H,16,17). The van der Waals surface area contributed by atoms with Crippen molar-refractivity contribution in [2.24, 2.45) is 5.92 Å². The molecule has 0 spiro atoms. The van der Waals surface area contributed by atoms with Crippen LogP contribution in [0.5, 0.6) is 0 Å². The molecular weight excluding hydrogens is 278 g/mol. The number of aliphatic carboxylic acids is 1. The van der Waals surface area contributed by atoms with Crippen molar-refractivity contribution in [2.75, 3.05) is 6.54 Å². The van der Waals surface area contributed by atoms with Crippen molar-refractivity contribution in [1.29, 1.82) is 0 Å². The van der Waals surface area contributed by atoms with Crippen LogP contribution in [0.2, 0.25) is 0 Å². The molecule has 0 amide bonds. The molecule has 0 saturated carbocycles. The van der Waals surface area contributed by atoms with E-state index in [9.17, 15) is 13.2 Å². The second kappa shape index (κ2) is 5.93. The van der Waals surface area contributed by atoms with Gasteiger partial charge < -0.3 is 5.11 Å². The van der Waals surface area contributed by atoms with Gasteiger partial charge in [0.15, 0.2) is 0 Å². The first-order chi connectivity index (χ1) is 9.04. The van der Waals surface area contributed by atoms with Crippen LogP contribution in [-0.2, 0) is 20.2 Å². The number of carboxylic acids is 1. The number of benzene rings is 1. The molecule has 2 N–H and O–H groups in total. The number of carboxylic acid groups (broad SMARTS) is 1. The maximum Gasteiger partial charge on any atom is 0.307 e. The number of nitrogens with one attached hydrogen (secondary N) is 1. The minimum atomic E-state index is -3.66. The van der Waals surface area contributed by atoms with Gasteiger partial charge in [-0.15, -0.1) is 0 Å². The second-order valence-corrected chi connectivity index (χ2v) is 7.63. The van der Waals surface area contributed by atoms with Gasteiger partial charge >= 0.3 is 5.97 Å². The van der Waals surface area contributed by atoms with Gasteiger partial charge in [-0.2, -0.15) is 0 Å². The van der Waals surface area contributed by atoms with Crippen LogP contribution in [0, 0.1) is 5.92 Å². The molecule has 0 aliphatic heterocycles. The average molecular weight is 299 g/mol. The van der Waals surface area contributed by atoms with E-state index in [1.54, 1.807) is 12.1 Å². The smallest absolute Gasteiger partial charge is 0.307 e. The van der Waals surface area contributed by atoms with Crippen LogP contribution >= 0.6 is 0 Å². The van der Waals surface area contributed by atoms with Crippen molar-refractivity contribution >= 4 is 16.0 Å². The Balaban J connectivity index is 2.86. The van der Waals surface area contributed by atoms with Crippen LogP contribution in [-0.4, -0.2) is 26.0 Å². The molecule has 1 rings (SSSR count). The van der Waals surface area contributed by atoms with Gasteiger partial charge in [-0.25, -0.2) is 13.1 Å². The molecule has 0 radical (unpaired) electrons. The van der Waals surface area contributed by atoms with Gasteiger partial charge in [0, 0.05) is 6.54 Å². The van der Waals surface area contributed by atoms with Crippen LogP contribution in [0.1, 0.15) is 33.3 Å². The molecule has 0 aromatic heterocycles. The highest BCUT2D eigenvalue weighted by molar-refractivity contribution is 7.89. The maximum atomic E-state index is 12.0. The van der Waals surface area contributed by atoms with Gasteiger partial charge in [-0.1, -0.05) is 39.8 Å². The van der Waals surface area contributed by atoms with Crippen molar-refractivity contribution in [1.82, 2.24) is 4.72 Å². The fourth-order valence-corrected chi connectivity index (χ4v) is 2.67. The van der Waals surface area contributed by atoms with E-state index in [4.69, 9.17) is 5.11 Å². The minimum Gasteiger partial charge on any atom is -0.481 e. The molecule has 0 heterocycles. The summed E-state index contributed by atoms with van der Waals surface area (Å²) in [4.78, 5) is 10.8. The molecule has 0 bridgehead atoms. The van der Waals surface area contributed by atoms with Crippen molar-refractivity contribution in [3.63, 3.8) is 0 Å². The Hall–Kier alpha value is -1.40. The molecule has 1 atom stereocenters. The summed E-state index contributed by atoms with van der Waals surface area (Å²) >= 11 is 0. The SMILES string of the molecule is CC(CNS(=O)(=O)c1ccc(C(C)(C)C)cc1)C(=O)O. The molecule has 5 nitrogen and oxygen atoms in total. The van der Waals surface area contributed by atoms with E-state index in [1.807, 2.05) is 20.8 Å². The van der Waals surface area contributed by atoms with Gasteiger partial charge in [0.2, 0.25) is 10.0 Å². The number of carbonyl (C=O) groups is 1. The Morgan fingerprint density at radius 3 is 2.15 bits per heavy atom. The van der Waals surface area contributed by atoms with Crippen molar-refractivity contribution in [3.8, 4) is 0 Å². The lowest BCUT2D eigenvalue weighted by Crippen LogP contribution is -2.31. The molecule has 1 aromatic carbocycles. The molecule has 0 saturated heterocycles. The van der Waals surface area contributed by atoms with Crippen LogP contribution in [0.3, 0.4) is 0 Å². The van der Waals surface area contributed by atoms with Crippen molar-refractivity contribution in [2.45, 2.75) is 38.0 Å². The zero-order valence-corrected chi connectivity index (χ0v) is 13.0. The number of sulfonamides is 1. The molecule has 1 aromatic rings. The number of hydrogen-bond acceptors (Lipinski definition) is 3. The summed E-state index contributed by atoms with van der Waals surface area (Å²) in [6.07, 6.45) is 0. The Bertz CT molecular complexity index is 570. The average Bonchev–Trinajstić information content (AvgIpc) is 2.35. The highest BCUT2D eigenvalue weighted by atomic mass is 32.2. The van der Waals surface area contributed by atoms with E-state index in [0.29, 0.717) is 0 Å². The quantitative estimate of drug-likeness (QED) is 0.871. The molecule has 0 fully saturated rings. The summed E-state index contributed by atoms with van der Waals surface area (Å²) in [5.41, 5.74) is 0.989. The predicted octanol–water partition coefficient (Wildman–Crippen LogP) is 1.98. The van der Waals surface area contributed by atoms with Gasteiger partial charge in [-0.05, 0) is 23.1 Å². The number of hydrogen-bond donors (Lipinski definition) is 2. The lowest BCUT2D eigenvalue weighted by molar-refractivity contribution is -0.140. The fourth-order valence-electron chi connectivity index (χ4n) is 1.54. The maximum absolute atomic E-state index is 12.0. The lowest BCUT2D eigenvalue weighted by atomic mass is 9.87. The Labute approximate surface area is 120 Å². The number of rotatable bonds is 5. The first-order valence-corrected chi connectivity index (χ1v) is 7.85. The molecule has 0 aliphatic carbocycles. The summed E-state index contributed by atoms with van der Waals surface area (Å²) in [5.74, 6) is -1.80. The van der Waals surface area contributed by atoms with E-state index < -0.39 is 21.9 Å². The van der Waals surface area contributed by atoms with Crippen LogP contribution in [0.15, 0.2) is 29.2 Å². The Kier molecular flexibility index (Phi) is 4.94. The van der Waals surface area contributed by atoms with Gasteiger partial charge in [0.1, 0.15) is 0 Å².